The van der Waals surface area contributed by atoms with Crippen LogP contribution in [-0.4, -0.2) is 59.2 Å². The highest BCUT2D eigenvalue weighted by atomic mass is 16.4. The van der Waals surface area contributed by atoms with Gasteiger partial charge in [0.25, 0.3) is 0 Å². The predicted octanol–water partition coefficient (Wildman–Crippen LogP) is -1.15. The molecule has 0 rings (SSSR count). The Balaban J connectivity index is 4.10. The van der Waals surface area contributed by atoms with Gasteiger partial charge in [-0.1, -0.05) is 0 Å². The second-order valence-electron chi connectivity index (χ2n) is 3.70. The number of hydrogen-bond acceptors (Lipinski definition) is 3. The number of aliphatic carboxylic acids is 1. The van der Waals surface area contributed by atoms with Crippen LogP contribution in [0.2, 0.25) is 0 Å². The zero-order valence-corrected chi connectivity index (χ0v) is 7.56. The number of carboxylic acids is 1. The van der Waals surface area contributed by atoms with Crippen molar-refractivity contribution in [2.45, 2.75) is 18.8 Å². The van der Waals surface area contributed by atoms with Crippen LogP contribution in [0.25, 0.3) is 0 Å². The molecule has 0 aromatic carbocycles. The fraction of sp³-hybridized carbons (Fsp3) is 0.857. The molecule has 0 heterocycles. The minimum absolute atomic E-state index is 0.119. The highest BCUT2D eigenvalue weighted by Crippen LogP contribution is 2.07. The first-order valence-electron chi connectivity index (χ1n) is 3.64. The average Bonchev–Trinajstić information content (AvgIpc) is 1.82. The molecule has 0 spiro atoms. The largest absolute Gasteiger partial charge is 0.481 e. The Morgan fingerprint density at radius 3 is 2.00 bits per heavy atom. The van der Waals surface area contributed by atoms with E-state index in [1.54, 1.807) is 21.1 Å². The summed E-state index contributed by atoms with van der Waals surface area (Å²) in [4.78, 5) is 10.2. The lowest BCUT2D eigenvalue weighted by atomic mass is 10.2. The van der Waals surface area contributed by atoms with E-state index in [9.17, 15) is 15.0 Å². The van der Waals surface area contributed by atoms with Gasteiger partial charge in [0.1, 0.15) is 6.10 Å². The van der Waals surface area contributed by atoms with E-state index in [-0.39, 0.29) is 4.48 Å². The van der Waals surface area contributed by atoms with Crippen molar-refractivity contribution in [1.82, 2.24) is 0 Å². The molecule has 2 atom stereocenters. The lowest BCUT2D eigenvalue weighted by molar-refractivity contribution is -0.922. The Bertz CT molecular complexity index is 163. The van der Waals surface area contributed by atoms with Gasteiger partial charge in [-0.3, -0.25) is 4.79 Å². The van der Waals surface area contributed by atoms with E-state index in [2.05, 4.69) is 0 Å². The molecule has 0 fully saturated rings. The normalized spacial score (nSPS) is 17.1. The van der Waals surface area contributed by atoms with E-state index in [4.69, 9.17) is 5.11 Å². The van der Waals surface area contributed by atoms with Crippen molar-refractivity contribution in [2.75, 3.05) is 21.1 Å². The zero-order valence-electron chi connectivity index (χ0n) is 7.56. The molecule has 0 aliphatic rings. The number of likely N-dealkylation sites (N-methyl/N-ethyl adjacent to an activating group) is 1. The third-order valence-electron chi connectivity index (χ3n) is 1.52. The highest BCUT2D eigenvalue weighted by Gasteiger charge is 2.30. The summed E-state index contributed by atoms with van der Waals surface area (Å²) in [6, 6.07) is 0. The molecule has 0 radical (unpaired) electrons. The molecule has 12 heavy (non-hydrogen) atoms. The van der Waals surface area contributed by atoms with E-state index >= 15 is 0 Å². The molecule has 5 heteroatoms. The summed E-state index contributed by atoms with van der Waals surface area (Å²) >= 11 is 0. The van der Waals surface area contributed by atoms with Gasteiger partial charge in [-0.25, -0.2) is 0 Å². The Labute approximate surface area is 71.4 Å². The molecule has 72 valence electrons. The molecule has 0 aromatic rings. The van der Waals surface area contributed by atoms with Gasteiger partial charge < -0.3 is 19.8 Å². The van der Waals surface area contributed by atoms with Crippen LogP contribution >= 0.6 is 0 Å². The second kappa shape index (κ2) is 3.84. The van der Waals surface area contributed by atoms with Gasteiger partial charge in [-0.15, -0.1) is 0 Å². The van der Waals surface area contributed by atoms with Crippen LogP contribution < -0.4 is 0 Å². The van der Waals surface area contributed by atoms with Gasteiger partial charge in [0, 0.05) is 0 Å². The van der Waals surface area contributed by atoms with Crippen LogP contribution in [0.1, 0.15) is 6.42 Å². The van der Waals surface area contributed by atoms with Crippen LogP contribution in [0.5, 0.6) is 0 Å². The molecular formula is C7H16NO4+. The standard InChI is InChI=1S/C7H15NO4/c1-8(2,3)7(12)5(9)4-6(10)11/h5,7,9,12H,4H2,1-3H3/p+1/t5-,7?/m1/s1. The van der Waals surface area contributed by atoms with Crippen molar-refractivity contribution in [2.24, 2.45) is 0 Å². The Kier molecular flexibility index (Phi) is 3.63. The molecule has 0 aromatic heterocycles. The van der Waals surface area contributed by atoms with E-state index in [1.807, 2.05) is 0 Å². The Morgan fingerprint density at radius 1 is 1.33 bits per heavy atom. The molecule has 3 N–H and O–H groups in total. The van der Waals surface area contributed by atoms with E-state index in [1.165, 1.54) is 0 Å². The number of carbonyl (C=O) groups is 1. The van der Waals surface area contributed by atoms with Gasteiger partial charge >= 0.3 is 5.97 Å². The maximum absolute atomic E-state index is 10.2. The van der Waals surface area contributed by atoms with Crippen molar-refractivity contribution >= 4 is 5.97 Å². The maximum atomic E-state index is 10.2. The second-order valence-corrected chi connectivity index (χ2v) is 3.70. The first-order valence-corrected chi connectivity index (χ1v) is 3.64. The molecule has 0 amide bonds. The molecule has 0 saturated carbocycles. The molecule has 0 aliphatic carbocycles. The minimum Gasteiger partial charge on any atom is -0.481 e. The first-order chi connectivity index (χ1) is 5.25. The van der Waals surface area contributed by atoms with Crippen LogP contribution in [0.3, 0.4) is 0 Å². The van der Waals surface area contributed by atoms with Gasteiger partial charge in [0.2, 0.25) is 6.23 Å². The Morgan fingerprint density at radius 2 is 1.75 bits per heavy atom. The first kappa shape index (κ1) is 11.4. The molecular weight excluding hydrogens is 162 g/mol. The Hall–Kier alpha value is -0.650. The van der Waals surface area contributed by atoms with E-state index in [0.29, 0.717) is 0 Å². The average molecular weight is 178 g/mol. The van der Waals surface area contributed by atoms with Crippen LogP contribution in [0.15, 0.2) is 0 Å². The van der Waals surface area contributed by atoms with Gasteiger partial charge in [0.15, 0.2) is 0 Å². The van der Waals surface area contributed by atoms with Crippen molar-refractivity contribution in [3.8, 4) is 0 Å². The highest BCUT2D eigenvalue weighted by molar-refractivity contribution is 5.67. The summed E-state index contributed by atoms with van der Waals surface area (Å²) in [6.45, 7) is 0. The number of quaternary nitrogens is 1. The van der Waals surface area contributed by atoms with Gasteiger partial charge in [-0.05, 0) is 0 Å². The topological polar surface area (TPSA) is 77.8 Å². The minimum atomic E-state index is -1.22. The summed E-state index contributed by atoms with van der Waals surface area (Å²) in [5.74, 6) is -1.12. The van der Waals surface area contributed by atoms with Crippen molar-refractivity contribution in [3.05, 3.63) is 0 Å². The number of aliphatic hydroxyl groups excluding tert-OH is 2. The molecule has 0 bridgehead atoms. The molecule has 0 saturated heterocycles. The van der Waals surface area contributed by atoms with Crippen LogP contribution in [0.4, 0.5) is 0 Å². The number of aliphatic hydroxyl groups is 2. The van der Waals surface area contributed by atoms with Crippen molar-refractivity contribution in [1.29, 1.82) is 0 Å². The monoisotopic (exact) mass is 178 g/mol. The summed E-state index contributed by atoms with van der Waals surface area (Å²) in [7, 11) is 5.03. The summed E-state index contributed by atoms with van der Waals surface area (Å²) in [5, 5.41) is 26.9. The lowest BCUT2D eigenvalue weighted by Gasteiger charge is -2.32. The van der Waals surface area contributed by atoms with Crippen LogP contribution in [0, 0.1) is 0 Å². The zero-order chi connectivity index (χ0) is 9.94. The number of carboxylic acid groups (broad SMARTS) is 1. The lowest BCUT2D eigenvalue weighted by Crippen LogP contribution is -2.52. The number of hydrogen-bond donors (Lipinski definition) is 3. The summed E-state index contributed by atoms with van der Waals surface area (Å²) in [5.41, 5.74) is 0. The number of nitrogens with zero attached hydrogens (tertiary/aromatic N) is 1. The van der Waals surface area contributed by atoms with Crippen LogP contribution in [-0.2, 0) is 4.79 Å². The SMILES string of the molecule is C[N+](C)(C)C(O)[C@H](O)CC(=O)O. The van der Waals surface area contributed by atoms with Gasteiger partial charge in [-0.2, -0.15) is 0 Å². The predicted molar refractivity (Wildman–Crippen MR) is 42.3 cm³/mol. The number of rotatable bonds is 4. The van der Waals surface area contributed by atoms with Crippen molar-refractivity contribution < 1.29 is 24.6 Å². The fourth-order valence-corrected chi connectivity index (χ4v) is 0.801. The smallest absolute Gasteiger partial charge is 0.306 e. The fourth-order valence-electron chi connectivity index (χ4n) is 0.801. The van der Waals surface area contributed by atoms with E-state index in [0.717, 1.165) is 0 Å². The molecule has 1 unspecified atom stereocenters. The quantitative estimate of drug-likeness (QED) is 0.375. The summed E-state index contributed by atoms with van der Waals surface area (Å²) in [6.07, 6.45) is -2.72. The summed E-state index contributed by atoms with van der Waals surface area (Å²) < 4.78 is 0.119. The van der Waals surface area contributed by atoms with Crippen molar-refractivity contribution in [3.63, 3.8) is 0 Å². The molecule has 0 aliphatic heterocycles. The third-order valence-corrected chi connectivity index (χ3v) is 1.52. The van der Waals surface area contributed by atoms with Gasteiger partial charge in [0.05, 0.1) is 27.6 Å². The maximum Gasteiger partial charge on any atom is 0.306 e. The van der Waals surface area contributed by atoms with E-state index < -0.39 is 24.7 Å². The molecule has 5 nitrogen and oxygen atoms in total. The third kappa shape index (κ3) is 3.66.